The Morgan fingerprint density at radius 3 is 2.05 bits per heavy atom. The lowest BCUT2D eigenvalue weighted by Gasteiger charge is -2.39. The highest BCUT2D eigenvalue weighted by atomic mass is 16.6. The molecule has 0 aliphatic rings. The minimum absolute atomic E-state index is 0.0428. The van der Waals surface area contributed by atoms with Gasteiger partial charge < -0.3 is 26.0 Å². The van der Waals surface area contributed by atoms with Gasteiger partial charge in [-0.05, 0) is 103 Å². The van der Waals surface area contributed by atoms with Crippen molar-refractivity contribution in [1.29, 1.82) is 0 Å². The van der Waals surface area contributed by atoms with E-state index in [1.165, 1.54) is 0 Å². The SMILES string of the molecule is Cc1ccc(C)c(C(C(=O)Nc2c(C)cccc2C)N(C(=O)C(CCC(N)=O)NC(=O)OC(C)(C)C)C(C)CCC(C)C)c1. The number of benzene rings is 2. The minimum Gasteiger partial charge on any atom is -0.444 e. The number of carbonyl (C=O) groups is 4. The first kappa shape index (κ1) is 36.3. The zero-order chi connectivity index (χ0) is 33.4. The number of nitrogens with zero attached hydrogens (tertiary/aromatic N) is 1. The molecule has 2 aromatic carbocycles. The molecule has 44 heavy (non-hydrogen) atoms. The molecule has 0 radical (unpaired) electrons. The zero-order valence-electron chi connectivity index (χ0n) is 28.2. The van der Waals surface area contributed by atoms with E-state index < -0.39 is 41.6 Å². The average molecular weight is 609 g/mol. The maximum Gasteiger partial charge on any atom is 0.408 e. The van der Waals surface area contributed by atoms with E-state index in [9.17, 15) is 19.2 Å². The summed E-state index contributed by atoms with van der Waals surface area (Å²) in [4.78, 5) is 55.5. The van der Waals surface area contributed by atoms with Gasteiger partial charge in [-0.2, -0.15) is 0 Å². The molecular weight excluding hydrogens is 556 g/mol. The smallest absolute Gasteiger partial charge is 0.408 e. The second-order valence-electron chi connectivity index (χ2n) is 13.3. The van der Waals surface area contributed by atoms with Gasteiger partial charge in [0.25, 0.3) is 5.91 Å². The fourth-order valence-electron chi connectivity index (χ4n) is 5.16. The highest BCUT2D eigenvalue weighted by Crippen LogP contribution is 2.32. The van der Waals surface area contributed by atoms with Gasteiger partial charge in [-0.15, -0.1) is 0 Å². The molecular formula is C35H52N4O5. The van der Waals surface area contributed by atoms with E-state index >= 15 is 0 Å². The lowest BCUT2D eigenvalue weighted by atomic mass is 9.93. The predicted octanol–water partition coefficient (Wildman–Crippen LogP) is 6.41. The highest BCUT2D eigenvalue weighted by Gasteiger charge is 2.40. The maximum absolute atomic E-state index is 14.7. The molecule has 0 heterocycles. The third-order valence-electron chi connectivity index (χ3n) is 7.54. The molecule has 4 amide bonds. The van der Waals surface area contributed by atoms with Crippen molar-refractivity contribution < 1.29 is 23.9 Å². The number of amides is 4. The van der Waals surface area contributed by atoms with Crippen molar-refractivity contribution >= 4 is 29.5 Å². The standard InChI is InChI=1S/C35H52N4O5/c1-21(2)14-17-26(7)39(33(42)28(18-19-29(36)40)37-34(43)44-35(8,9)10)31(27-20-22(3)15-16-23(27)4)32(41)38-30-24(5)12-11-13-25(30)6/h11-13,15-16,20-21,26,28,31H,14,17-19H2,1-10H3,(H2,36,40)(H,37,43)(H,38,41). The molecule has 0 saturated carbocycles. The molecule has 2 aromatic rings. The van der Waals surface area contributed by atoms with Crippen LogP contribution in [0.2, 0.25) is 0 Å². The fraction of sp³-hybridized carbons (Fsp3) is 0.543. The number of aryl methyl sites for hydroxylation is 4. The first-order valence-electron chi connectivity index (χ1n) is 15.5. The van der Waals surface area contributed by atoms with E-state index in [0.29, 0.717) is 23.6 Å². The van der Waals surface area contributed by atoms with Gasteiger partial charge in [0.1, 0.15) is 17.7 Å². The first-order valence-corrected chi connectivity index (χ1v) is 15.5. The summed E-state index contributed by atoms with van der Waals surface area (Å²) in [5.74, 6) is -1.10. The second-order valence-corrected chi connectivity index (χ2v) is 13.3. The van der Waals surface area contributed by atoms with Gasteiger partial charge in [-0.1, -0.05) is 55.8 Å². The first-order chi connectivity index (χ1) is 20.4. The van der Waals surface area contributed by atoms with Crippen LogP contribution in [0.5, 0.6) is 0 Å². The van der Waals surface area contributed by atoms with E-state index in [4.69, 9.17) is 10.5 Å². The van der Waals surface area contributed by atoms with Crippen LogP contribution >= 0.6 is 0 Å². The van der Waals surface area contributed by atoms with E-state index in [2.05, 4.69) is 24.5 Å². The van der Waals surface area contributed by atoms with Gasteiger partial charge in [-0.3, -0.25) is 14.4 Å². The molecule has 2 rings (SSSR count). The Labute approximate surface area is 263 Å². The number of nitrogens with one attached hydrogen (secondary N) is 2. The van der Waals surface area contributed by atoms with Gasteiger partial charge in [0.15, 0.2) is 0 Å². The van der Waals surface area contributed by atoms with Crippen LogP contribution in [-0.4, -0.2) is 46.4 Å². The van der Waals surface area contributed by atoms with Crippen LogP contribution in [0.4, 0.5) is 10.5 Å². The van der Waals surface area contributed by atoms with Gasteiger partial charge in [0, 0.05) is 18.2 Å². The molecule has 9 nitrogen and oxygen atoms in total. The summed E-state index contributed by atoms with van der Waals surface area (Å²) in [6, 6.07) is 9.04. The average Bonchev–Trinajstić information content (AvgIpc) is 2.90. The molecule has 3 unspecified atom stereocenters. The second kappa shape index (κ2) is 15.7. The van der Waals surface area contributed by atoms with Crippen molar-refractivity contribution in [1.82, 2.24) is 10.2 Å². The number of nitrogens with two attached hydrogens (primary N) is 1. The summed E-state index contributed by atoms with van der Waals surface area (Å²) in [7, 11) is 0. The van der Waals surface area contributed by atoms with Crippen molar-refractivity contribution in [3.63, 3.8) is 0 Å². The van der Waals surface area contributed by atoms with Gasteiger partial charge in [-0.25, -0.2) is 4.79 Å². The normalized spacial score (nSPS) is 13.5. The minimum atomic E-state index is -1.15. The zero-order valence-corrected chi connectivity index (χ0v) is 28.2. The highest BCUT2D eigenvalue weighted by molar-refractivity contribution is 6.00. The summed E-state index contributed by atoms with van der Waals surface area (Å²) in [6.07, 6.45) is 0.464. The summed E-state index contributed by atoms with van der Waals surface area (Å²) in [6.45, 7) is 19.0. The molecule has 0 saturated heterocycles. The number of alkyl carbamates (subject to hydrolysis) is 1. The number of ether oxygens (including phenoxy) is 1. The number of anilines is 1. The molecule has 0 aliphatic carbocycles. The molecule has 4 N–H and O–H groups in total. The summed E-state index contributed by atoms with van der Waals surface area (Å²) in [5.41, 5.74) is 9.62. The fourth-order valence-corrected chi connectivity index (χ4v) is 5.16. The van der Waals surface area contributed by atoms with Gasteiger partial charge in [0.05, 0.1) is 0 Å². The Morgan fingerprint density at radius 1 is 0.886 bits per heavy atom. The lowest BCUT2D eigenvalue weighted by molar-refractivity contribution is -0.143. The van der Waals surface area contributed by atoms with Crippen molar-refractivity contribution in [3.05, 3.63) is 64.2 Å². The molecule has 242 valence electrons. The van der Waals surface area contributed by atoms with Crippen LogP contribution in [0.1, 0.15) is 101 Å². The summed E-state index contributed by atoms with van der Waals surface area (Å²) in [5, 5.41) is 5.80. The van der Waals surface area contributed by atoms with Crippen LogP contribution < -0.4 is 16.4 Å². The number of hydrogen-bond acceptors (Lipinski definition) is 5. The van der Waals surface area contributed by atoms with Crippen LogP contribution in [0.3, 0.4) is 0 Å². The summed E-state index contributed by atoms with van der Waals surface area (Å²) < 4.78 is 5.46. The van der Waals surface area contributed by atoms with Crippen LogP contribution in [0.15, 0.2) is 36.4 Å². The third-order valence-corrected chi connectivity index (χ3v) is 7.54. The van der Waals surface area contributed by atoms with Crippen molar-refractivity contribution in [2.75, 3.05) is 5.32 Å². The van der Waals surface area contributed by atoms with Crippen LogP contribution in [-0.2, 0) is 19.1 Å². The van der Waals surface area contributed by atoms with Crippen LogP contribution in [0, 0.1) is 33.6 Å². The number of primary amides is 1. The van der Waals surface area contributed by atoms with Gasteiger partial charge in [0.2, 0.25) is 11.8 Å². The van der Waals surface area contributed by atoms with Gasteiger partial charge >= 0.3 is 6.09 Å². The molecule has 3 atom stereocenters. The molecule has 0 bridgehead atoms. The monoisotopic (exact) mass is 608 g/mol. The number of rotatable bonds is 13. The summed E-state index contributed by atoms with van der Waals surface area (Å²) >= 11 is 0. The lowest BCUT2D eigenvalue weighted by Crippen LogP contribution is -2.55. The predicted molar refractivity (Wildman–Crippen MR) is 175 cm³/mol. The number of para-hydroxylation sites is 1. The number of carbonyl (C=O) groups excluding carboxylic acids is 4. The number of hydrogen-bond donors (Lipinski definition) is 3. The molecule has 9 heteroatoms. The largest absolute Gasteiger partial charge is 0.444 e. The Balaban J connectivity index is 2.74. The third kappa shape index (κ3) is 10.7. The van der Waals surface area contributed by atoms with Crippen molar-refractivity contribution in [2.24, 2.45) is 11.7 Å². The molecule has 0 aromatic heterocycles. The van der Waals surface area contributed by atoms with Crippen LogP contribution in [0.25, 0.3) is 0 Å². The Bertz CT molecular complexity index is 1310. The Kier molecular flexibility index (Phi) is 13.0. The van der Waals surface area contributed by atoms with Crippen molar-refractivity contribution in [2.45, 2.75) is 119 Å². The Hall–Kier alpha value is -3.88. The van der Waals surface area contributed by atoms with E-state index in [1.807, 2.05) is 71.0 Å². The maximum atomic E-state index is 14.7. The van der Waals surface area contributed by atoms with Crippen molar-refractivity contribution in [3.8, 4) is 0 Å². The molecule has 0 aliphatic heterocycles. The molecule has 0 fully saturated rings. The Morgan fingerprint density at radius 2 is 1.50 bits per heavy atom. The topological polar surface area (TPSA) is 131 Å². The van der Waals surface area contributed by atoms with E-state index in [1.54, 1.807) is 25.7 Å². The molecule has 0 spiro atoms. The van der Waals surface area contributed by atoms with E-state index in [-0.39, 0.29) is 18.7 Å². The van der Waals surface area contributed by atoms with E-state index in [0.717, 1.165) is 28.7 Å². The quantitative estimate of drug-likeness (QED) is 0.242.